The van der Waals surface area contributed by atoms with Crippen LogP contribution in [0, 0.1) is 0 Å². The lowest BCUT2D eigenvalue weighted by Crippen LogP contribution is -2.36. The number of amides is 1. The summed E-state index contributed by atoms with van der Waals surface area (Å²) in [4.78, 5) is 18.4. The monoisotopic (exact) mass is 292 g/mol. The molecular weight excluding hydrogens is 272 g/mol. The maximum Gasteiger partial charge on any atom is 0.224 e. The first kappa shape index (κ1) is 14.7. The predicted octanol–water partition coefficient (Wildman–Crippen LogP) is 1.53. The number of aromatic nitrogens is 1. The smallest absolute Gasteiger partial charge is 0.224 e. The quantitative estimate of drug-likeness (QED) is 0.805. The molecule has 1 amide bonds. The van der Waals surface area contributed by atoms with E-state index in [1.54, 1.807) is 12.3 Å². The van der Waals surface area contributed by atoms with E-state index in [0.29, 0.717) is 18.7 Å². The van der Waals surface area contributed by atoms with Crippen LogP contribution in [0.25, 0.3) is 0 Å². The molecule has 0 saturated carbocycles. The van der Waals surface area contributed by atoms with Gasteiger partial charge in [-0.2, -0.15) is 0 Å². The number of likely N-dealkylation sites (tertiary alicyclic amines) is 1. The number of pyridine rings is 1. The topological polar surface area (TPSA) is 71.2 Å². The lowest BCUT2D eigenvalue weighted by molar-refractivity contribution is -0.131. The molecule has 0 atom stereocenters. The molecule has 1 saturated heterocycles. The first-order valence-corrected chi connectivity index (χ1v) is 7.35. The van der Waals surface area contributed by atoms with Gasteiger partial charge in [0.1, 0.15) is 4.99 Å². The number of carbonyl (C=O) groups excluding carboxylic acids is 1. The van der Waals surface area contributed by atoms with Crippen LogP contribution in [0.2, 0.25) is 0 Å². The average molecular weight is 292 g/mol. The number of hydrogen-bond donors (Lipinski definition) is 2. The van der Waals surface area contributed by atoms with Gasteiger partial charge in [-0.25, -0.2) is 0 Å². The lowest BCUT2D eigenvalue weighted by Gasteiger charge is -2.26. The third-order valence-electron chi connectivity index (χ3n) is 3.39. The van der Waals surface area contributed by atoms with E-state index in [1.165, 1.54) is 6.42 Å². The van der Waals surface area contributed by atoms with Crippen molar-refractivity contribution in [2.75, 3.05) is 25.0 Å². The van der Waals surface area contributed by atoms with Gasteiger partial charge in [0, 0.05) is 26.1 Å². The molecule has 1 aromatic rings. The fourth-order valence-electron chi connectivity index (χ4n) is 2.26. The fraction of sp³-hybridized carbons (Fsp3) is 0.500. The van der Waals surface area contributed by atoms with Gasteiger partial charge in [-0.3, -0.25) is 9.78 Å². The number of anilines is 1. The SMILES string of the molecule is NC(=S)c1ccc(NCCC(=O)N2CCCCC2)cn1. The molecule has 0 radical (unpaired) electrons. The molecule has 5 nitrogen and oxygen atoms in total. The molecule has 0 bridgehead atoms. The Bertz CT molecular complexity index is 469. The van der Waals surface area contributed by atoms with Crippen molar-refractivity contribution in [2.24, 2.45) is 5.73 Å². The third kappa shape index (κ3) is 4.16. The largest absolute Gasteiger partial charge is 0.388 e. The van der Waals surface area contributed by atoms with Crippen LogP contribution in [0.3, 0.4) is 0 Å². The van der Waals surface area contributed by atoms with Crippen LogP contribution in [0.15, 0.2) is 18.3 Å². The van der Waals surface area contributed by atoms with E-state index < -0.39 is 0 Å². The van der Waals surface area contributed by atoms with Crippen LogP contribution < -0.4 is 11.1 Å². The summed E-state index contributed by atoms with van der Waals surface area (Å²) in [6, 6.07) is 3.64. The van der Waals surface area contributed by atoms with Crippen LogP contribution in [0.4, 0.5) is 5.69 Å². The minimum atomic E-state index is 0.227. The lowest BCUT2D eigenvalue weighted by atomic mass is 10.1. The summed E-state index contributed by atoms with van der Waals surface area (Å²) in [5.74, 6) is 0.227. The standard InChI is InChI=1S/C14H20N4OS/c15-14(20)12-5-4-11(10-17-12)16-7-6-13(19)18-8-2-1-3-9-18/h4-5,10,16H,1-3,6-9H2,(H2,15,20). The van der Waals surface area contributed by atoms with Crippen molar-refractivity contribution in [2.45, 2.75) is 25.7 Å². The minimum absolute atomic E-state index is 0.227. The minimum Gasteiger partial charge on any atom is -0.388 e. The van der Waals surface area contributed by atoms with E-state index >= 15 is 0 Å². The molecule has 2 heterocycles. The Balaban J connectivity index is 1.74. The molecule has 1 fully saturated rings. The Hall–Kier alpha value is -1.69. The van der Waals surface area contributed by atoms with Crippen molar-refractivity contribution in [1.82, 2.24) is 9.88 Å². The number of carbonyl (C=O) groups is 1. The number of nitrogens with zero attached hydrogens (tertiary/aromatic N) is 2. The molecule has 6 heteroatoms. The molecule has 0 aromatic carbocycles. The zero-order valence-electron chi connectivity index (χ0n) is 11.5. The van der Waals surface area contributed by atoms with Crippen molar-refractivity contribution in [3.63, 3.8) is 0 Å². The molecular formula is C14H20N4OS. The van der Waals surface area contributed by atoms with E-state index in [1.807, 2.05) is 11.0 Å². The second kappa shape index (κ2) is 7.19. The molecule has 3 N–H and O–H groups in total. The zero-order chi connectivity index (χ0) is 14.4. The summed E-state index contributed by atoms with van der Waals surface area (Å²) in [6.07, 6.45) is 5.69. The van der Waals surface area contributed by atoms with E-state index in [0.717, 1.165) is 31.6 Å². The average Bonchev–Trinajstić information content (AvgIpc) is 2.48. The highest BCUT2D eigenvalue weighted by atomic mass is 32.1. The van der Waals surface area contributed by atoms with Crippen molar-refractivity contribution < 1.29 is 4.79 Å². The maximum absolute atomic E-state index is 12.0. The molecule has 108 valence electrons. The molecule has 1 aliphatic rings. The van der Waals surface area contributed by atoms with E-state index in [-0.39, 0.29) is 10.9 Å². The second-order valence-electron chi connectivity index (χ2n) is 4.91. The molecule has 1 aromatic heterocycles. The molecule has 0 aliphatic carbocycles. The predicted molar refractivity (Wildman–Crippen MR) is 83.7 cm³/mol. The van der Waals surface area contributed by atoms with Crippen LogP contribution in [-0.2, 0) is 4.79 Å². The Kier molecular flexibility index (Phi) is 5.29. The molecule has 1 aliphatic heterocycles. The summed E-state index contributed by atoms with van der Waals surface area (Å²) in [7, 11) is 0. The summed E-state index contributed by atoms with van der Waals surface area (Å²) < 4.78 is 0. The van der Waals surface area contributed by atoms with Gasteiger partial charge < -0.3 is 16.0 Å². The van der Waals surface area contributed by atoms with Gasteiger partial charge in [-0.1, -0.05) is 12.2 Å². The van der Waals surface area contributed by atoms with Crippen LogP contribution in [-0.4, -0.2) is 40.4 Å². The highest BCUT2D eigenvalue weighted by Crippen LogP contribution is 2.10. The Morgan fingerprint density at radius 2 is 2.10 bits per heavy atom. The number of rotatable bonds is 5. The zero-order valence-corrected chi connectivity index (χ0v) is 12.3. The summed E-state index contributed by atoms with van der Waals surface area (Å²) in [6.45, 7) is 2.43. The van der Waals surface area contributed by atoms with Gasteiger partial charge in [0.25, 0.3) is 0 Å². The van der Waals surface area contributed by atoms with E-state index in [9.17, 15) is 4.79 Å². The molecule has 0 unspecified atom stereocenters. The van der Waals surface area contributed by atoms with Gasteiger partial charge >= 0.3 is 0 Å². The number of thiocarbonyl (C=S) groups is 1. The van der Waals surface area contributed by atoms with Crippen molar-refractivity contribution in [1.29, 1.82) is 0 Å². The van der Waals surface area contributed by atoms with Crippen LogP contribution in [0.5, 0.6) is 0 Å². The maximum atomic E-state index is 12.0. The Morgan fingerprint density at radius 3 is 2.70 bits per heavy atom. The van der Waals surface area contributed by atoms with E-state index in [4.69, 9.17) is 18.0 Å². The number of nitrogens with one attached hydrogen (secondary N) is 1. The third-order valence-corrected chi connectivity index (χ3v) is 3.60. The fourth-order valence-corrected chi connectivity index (χ4v) is 2.38. The summed E-state index contributed by atoms with van der Waals surface area (Å²) in [5.41, 5.74) is 6.96. The van der Waals surface area contributed by atoms with Crippen molar-refractivity contribution in [3.05, 3.63) is 24.0 Å². The molecule has 0 spiro atoms. The molecule has 20 heavy (non-hydrogen) atoms. The summed E-state index contributed by atoms with van der Waals surface area (Å²) >= 11 is 4.84. The summed E-state index contributed by atoms with van der Waals surface area (Å²) in [5, 5.41) is 3.19. The van der Waals surface area contributed by atoms with Crippen LogP contribution >= 0.6 is 12.2 Å². The first-order chi connectivity index (χ1) is 9.66. The van der Waals surface area contributed by atoms with Gasteiger partial charge in [-0.05, 0) is 31.4 Å². The number of hydrogen-bond acceptors (Lipinski definition) is 4. The van der Waals surface area contributed by atoms with E-state index in [2.05, 4.69) is 10.3 Å². The number of nitrogens with two attached hydrogens (primary N) is 1. The van der Waals surface area contributed by atoms with Crippen LogP contribution in [0.1, 0.15) is 31.4 Å². The van der Waals surface area contributed by atoms with Gasteiger partial charge in [0.05, 0.1) is 17.6 Å². The molecule has 2 rings (SSSR count). The first-order valence-electron chi connectivity index (χ1n) is 6.94. The number of piperidine rings is 1. The van der Waals surface area contributed by atoms with Crippen molar-refractivity contribution >= 4 is 28.8 Å². The second-order valence-corrected chi connectivity index (χ2v) is 5.35. The van der Waals surface area contributed by atoms with Gasteiger partial charge in [0.15, 0.2) is 0 Å². The Morgan fingerprint density at radius 1 is 1.35 bits per heavy atom. The highest BCUT2D eigenvalue weighted by molar-refractivity contribution is 7.80. The van der Waals surface area contributed by atoms with Gasteiger partial charge in [-0.15, -0.1) is 0 Å². The van der Waals surface area contributed by atoms with Crippen molar-refractivity contribution in [3.8, 4) is 0 Å². The Labute approximate surface area is 124 Å². The normalized spacial score (nSPS) is 14.9. The van der Waals surface area contributed by atoms with Gasteiger partial charge in [0.2, 0.25) is 5.91 Å². The highest BCUT2D eigenvalue weighted by Gasteiger charge is 2.15.